The first-order valence-corrected chi connectivity index (χ1v) is 15.2. The van der Waals surface area contributed by atoms with Crippen molar-refractivity contribution in [3.63, 3.8) is 0 Å². The van der Waals surface area contributed by atoms with E-state index in [9.17, 15) is 0 Å². The lowest BCUT2D eigenvalue weighted by Crippen LogP contribution is -1.94. The lowest BCUT2D eigenvalue weighted by atomic mass is 9.91. The Labute approximate surface area is 257 Å². The van der Waals surface area contributed by atoms with Crippen LogP contribution in [0.2, 0.25) is 0 Å². The normalized spacial score (nSPS) is 12.0. The molecule has 0 unspecified atom stereocenters. The van der Waals surface area contributed by atoms with E-state index in [1.807, 2.05) is 12.3 Å². The SMILES string of the molecule is c1cnc2c(c1)ccc1ccc(-c3ccc(-c4cc5c6ccccc6n6c7ccccc7nc6c5c5ccccc45)cc3)nc12. The number of hydrogen-bond donors (Lipinski definition) is 0. The fraction of sp³-hybridized carbons (Fsp3) is 0. The molecule has 45 heavy (non-hydrogen) atoms. The highest BCUT2D eigenvalue weighted by atomic mass is 15.0. The van der Waals surface area contributed by atoms with Crippen LogP contribution in [0.5, 0.6) is 0 Å². The largest absolute Gasteiger partial charge is 0.292 e. The van der Waals surface area contributed by atoms with Crippen molar-refractivity contribution in [1.82, 2.24) is 19.4 Å². The molecule has 0 saturated carbocycles. The summed E-state index contributed by atoms with van der Waals surface area (Å²) in [5, 5.41) is 8.22. The number of benzene rings is 6. The lowest BCUT2D eigenvalue weighted by Gasteiger charge is -2.15. The van der Waals surface area contributed by atoms with E-state index in [1.54, 1.807) is 0 Å². The zero-order valence-corrected chi connectivity index (χ0v) is 24.1. The summed E-state index contributed by atoms with van der Waals surface area (Å²) in [7, 11) is 0. The summed E-state index contributed by atoms with van der Waals surface area (Å²) >= 11 is 0. The first-order valence-electron chi connectivity index (χ1n) is 15.2. The second-order valence-corrected chi connectivity index (χ2v) is 11.7. The topological polar surface area (TPSA) is 43.1 Å². The van der Waals surface area contributed by atoms with Gasteiger partial charge in [-0.15, -0.1) is 0 Å². The van der Waals surface area contributed by atoms with Gasteiger partial charge in [0.2, 0.25) is 0 Å². The number of imidazole rings is 1. The number of pyridine rings is 3. The molecule has 4 nitrogen and oxygen atoms in total. The molecule has 0 atom stereocenters. The Balaban J connectivity index is 1.20. The van der Waals surface area contributed by atoms with Crippen LogP contribution in [0.1, 0.15) is 0 Å². The molecule has 4 heteroatoms. The minimum atomic E-state index is 0.931. The van der Waals surface area contributed by atoms with E-state index in [2.05, 4.69) is 143 Å². The summed E-state index contributed by atoms with van der Waals surface area (Å²) in [5.74, 6) is 0. The van der Waals surface area contributed by atoms with Crippen molar-refractivity contribution in [2.75, 3.05) is 0 Å². The molecule has 0 fully saturated rings. The number of aromatic nitrogens is 4. The quantitative estimate of drug-likeness (QED) is 0.194. The zero-order chi connectivity index (χ0) is 29.5. The molecule has 0 spiro atoms. The molecule has 10 rings (SSSR count). The van der Waals surface area contributed by atoms with Crippen LogP contribution >= 0.6 is 0 Å². The van der Waals surface area contributed by atoms with Crippen LogP contribution in [0, 0.1) is 0 Å². The van der Waals surface area contributed by atoms with Gasteiger partial charge in [0, 0.05) is 33.3 Å². The maximum atomic E-state index is 5.18. The molecule has 0 radical (unpaired) electrons. The minimum Gasteiger partial charge on any atom is -0.292 e. The highest BCUT2D eigenvalue weighted by molar-refractivity contribution is 6.26. The molecule has 4 aromatic heterocycles. The van der Waals surface area contributed by atoms with Gasteiger partial charge in [-0.2, -0.15) is 0 Å². The van der Waals surface area contributed by atoms with Gasteiger partial charge in [-0.1, -0.05) is 103 Å². The van der Waals surface area contributed by atoms with E-state index in [0.717, 1.165) is 55.3 Å². The van der Waals surface area contributed by atoms with Crippen LogP contribution < -0.4 is 0 Å². The molecule has 6 aromatic carbocycles. The molecule has 0 aliphatic heterocycles. The minimum absolute atomic E-state index is 0.931. The summed E-state index contributed by atoms with van der Waals surface area (Å²) in [5.41, 5.74) is 10.5. The molecule has 0 bridgehead atoms. The summed E-state index contributed by atoms with van der Waals surface area (Å²) in [6, 6.07) is 49.5. The average Bonchev–Trinajstić information content (AvgIpc) is 3.51. The van der Waals surface area contributed by atoms with Crippen molar-refractivity contribution in [2.45, 2.75) is 0 Å². The summed E-state index contributed by atoms with van der Waals surface area (Å²) in [4.78, 5) is 14.9. The fourth-order valence-electron chi connectivity index (χ4n) is 7.11. The van der Waals surface area contributed by atoms with Crippen molar-refractivity contribution >= 4 is 70.9 Å². The Morgan fingerprint density at radius 3 is 2.02 bits per heavy atom. The average molecular weight is 573 g/mol. The summed E-state index contributed by atoms with van der Waals surface area (Å²) in [6.07, 6.45) is 1.84. The number of hydrogen-bond acceptors (Lipinski definition) is 3. The Morgan fingerprint density at radius 2 is 1.16 bits per heavy atom. The van der Waals surface area contributed by atoms with Gasteiger partial charge < -0.3 is 0 Å². The predicted molar refractivity (Wildman–Crippen MR) is 187 cm³/mol. The Bertz CT molecular complexity index is 2810. The molecule has 0 amide bonds. The second kappa shape index (κ2) is 9.18. The Hall–Kier alpha value is -6.13. The first-order chi connectivity index (χ1) is 22.3. The van der Waals surface area contributed by atoms with Crippen LogP contribution in [-0.2, 0) is 0 Å². The van der Waals surface area contributed by atoms with Crippen LogP contribution in [-0.4, -0.2) is 19.4 Å². The van der Waals surface area contributed by atoms with E-state index in [0.29, 0.717) is 0 Å². The third kappa shape index (κ3) is 3.51. The molecular weight excluding hydrogens is 548 g/mol. The molecule has 4 heterocycles. The van der Waals surface area contributed by atoms with Gasteiger partial charge in [-0.25, -0.2) is 9.97 Å². The van der Waals surface area contributed by atoms with E-state index < -0.39 is 0 Å². The van der Waals surface area contributed by atoms with Crippen LogP contribution in [0.3, 0.4) is 0 Å². The van der Waals surface area contributed by atoms with Crippen LogP contribution in [0.4, 0.5) is 0 Å². The van der Waals surface area contributed by atoms with Crippen molar-refractivity contribution in [3.05, 3.63) is 146 Å². The Kier molecular flexibility index (Phi) is 4.96. The maximum Gasteiger partial charge on any atom is 0.147 e. The fourth-order valence-corrected chi connectivity index (χ4v) is 7.11. The summed E-state index contributed by atoms with van der Waals surface area (Å²) in [6.45, 7) is 0. The third-order valence-corrected chi connectivity index (χ3v) is 9.19. The highest BCUT2D eigenvalue weighted by Gasteiger charge is 2.18. The molecule has 0 saturated heterocycles. The first kappa shape index (κ1) is 24.3. The number of para-hydroxylation sites is 3. The van der Waals surface area contributed by atoms with E-state index >= 15 is 0 Å². The summed E-state index contributed by atoms with van der Waals surface area (Å²) < 4.78 is 2.32. The van der Waals surface area contributed by atoms with Gasteiger partial charge in [-0.3, -0.25) is 9.38 Å². The van der Waals surface area contributed by atoms with E-state index in [4.69, 9.17) is 9.97 Å². The van der Waals surface area contributed by atoms with E-state index in [-0.39, 0.29) is 0 Å². The van der Waals surface area contributed by atoms with Crippen LogP contribution in [0.25, 0.3) is 93.3 Å². The number of nitrogens with zero attached hydrogens (tertiary/aromatic N) is 4. The second-order valence-electron chi connectivity index (χ2n) is 11.7. The van der Waals surface area contributed by atoms with Gasteiger partial charge in [0.1, 0.15) is 5.65 Å². The predicted octanol–water partition coefficient (Wildman–Crippen LogP) is 10.4. The highest BCUT2D eigenvalue weighted by Crippen LogP contribution is 2.41. The third-order valence-electron chi connectivity index (χ3n) is 9.19. The zero-order valence-electron chi connectivity index (χ0n) is 24.1. The van der Waals surface area contributed by atoms with Crippen molar-refractivity contribution < 1.29 is 0 Å². The van der Waals surface area contributed by atoms with Gasteiger partial charge in [0.15, 0.2) is 0 Å². The molecule has 0 aliphatic carbocycles. The van der Waals surface area contributed by atoms with Crippen LogP contribution in [0.15, 0.2) is 146 Å². The van der Waals surface area contributed by atoms with Crippen molar-refractivity contribution in [3.8, 4) is 22.4 Å². The maximum absolute atomic E-state index is 5.18. The van der Waals surface area contributed by atoms with Gasteiger partial charge in [-0.05, 0) is 63.7 Å². The Morgan fingerprint density at radius 1 is 0.467 bits per heavy atom. The smallest absolute Gasteiger partial charge is 0.147 e. The lowest BCUT2D eigenvalue weighted by molar-refractivity contribution is 1.32. The van der Waals surface area contributed by atoms with E-state index in [1.165, 1.54) is 38.1 Å². The monoisotopic (exact) mass is 572 g/mol. The standard InChI is InChI=1S/C41H24N4/c1-2-11-31-29(9-1)32(24-33-30-10-3-5-13-36(30)45-37-14-6-4-12-35(37)44-41(45)38(31)33)25-15-17-26(18-16-25)34-22-21-28-20-19-27-8-7-23-42-39(27)40(28)43-34/h1-24H. The molecular formula is C41H24N4. The van der Waals surface area contributed by atoms with Gasteiger partial charge in [0.25, 0.3) is 0 Å². The van der Waals surface area contributed by atoms with Crippen molar-refractivity contribution in [2.24, 2.45) is 0 Å². The number of fused-ring (bicyclic) bond motifs is 13. The van der Waals surface area contributed by atoms with Crippen molar-refractivity contribution in [1.29, 1.82) is 0 Å². The molecule has 208 valence electrons. The molecule has 10 aromatic rings. The molecule has 0 N–H and O–H groups in total. The van der Waals surface area contributed by atoms with Gasteiger partial charge >= 0.3 is 0 Å². The van der Waals surface area contributed by atoms with Gasteiger partial charge in [0.05, 0.1) is 33.3 Å². The molecule has 0 aliphatic rings. The number of rotatable bonds is 2.